The molecule has 18 heavy (non-hydrogen) atoms. The van der Waals surface area contributed by atoms with Crippen molar-refractivity contribution >= 4 is 5.69 Å². The van der Waals surface area contributed by atoms with Crippen LogP contribution in [0, 0.1) is 10.1 Å². The van der Waals surface area contributed by atoms with Crippen LogP contribution in [0.3, 0.4) is 0 Å². The molecule has 0 unspecified atom stereocenters. The third-order valence-corrected chi connectivity index (χ3v) is 2.32. The molecule has 8 nitrogen and oxygen atoms in total. The van der Waals surface area contributed by atoms with E-state index in [1.54, 1.807) is 0 Å². The number of non-ortho nitro benzene ring substituents is 1. The summed E-state index contributed by atoms with van der Waals surface area (Å²) in [5.41, 5.74) is 0.837. The highest BCUT2D eigenvalue weighted by Gasteiger charge is 2.13. The summed E-state index contributed by atoms with van der Waals surface area (Å²) in [7, 11) is 1.41. The summed E-state index contributed by atoms with van der Waals surface area (Å²) in [6.07, 6.45) is 1.52. The van der Waals surface area contributed by atoms with Gasteiger partial charge in [0, 0.05) is 6.07 Å². The number of nitro groups is 1. The molecule has 0 radical (unpaired) electrons. The van der Waals surface area contributed by atoms with Gasteiger partial charge in [-0.1, -0.05) is 5.21 Å². The largest absolute Gasteiger partial charge is 0.494 e. The SMILES string of the molecule is COc1cc([N+](=O)[O-])ccc1-n1cc(CO)nn1. The summed E-state index contributed by atoms with van der Waals surface area (Å²) >= 11 is 0. The topological polar surface area (TPSA) is 103 Å². The van der Waals surface area contributed by atoms with Crippen molar-refractivity contribution in [3.8, 4) is 11.4 Å². The zero-order chi connectivity index (χ0) is 13.1. The van der Waals surface area contributed by atoms with Gasteiger partial charge in [0.1, 0.15) is 11.4 Å². The first-order chi connectivity index (χ1) is 8.65. The second-order valence-corrected chi connectivity index (χ2v) is 3.43. The lowest BCUT2D eigenvalue weighted by molar-refractivity contribution is -0.384. The van der Waals surface area contributed by atoms with Crippen LogP contribution in [0.5, 0.6) is 5.75 Å². The first-order valence-corrected chi connectivity index (χ1v) is 5.00. The normalized spacial score (nSPS) is 10.3. The highest BCUT2D eigenvalue weighted by Crippen LogP contribution is 2.27. The van der Waals surface area contributed by atoms with Crippen LogP contribution in [0.2, 0.25) is 0 Å². The van der Waals surface area contributed by atoms with Gasteiger partial charge in [-0.3, -0.25) is 10.1 Å². The minimum atomic E-state index is -0.507. The van der Waals surface area contributed by atoms with E-state index in [2.05, 4.69) is 10.3 Å². The third-order valence-electron chi connectivity index (χ3n) is 2.32. The van der Waals surface area contributed by atoms with E-state index in [1.807, 2.05) is 0 Å². The average molecular weight is 250 g/mol. The Morgan fingerprint density at radius 3 is 2.89 bits per heavy atom. The molecule has 0 spiro atoms. The van der Waals surface area contributed by atoms with Crippen LogP contribution in [-0.2, 0) is 6.61 Å². The zero-order valence-electron chi connectivity index (χ0n) is 9.48. The van der Waals surface area contributed by atoms with Crippen molar-refractivity contribution < 1.29 is 14.8 Å². The van der Waals surface area contributed by atoms with Gasteiger partial charge in [0.15, 0.2) is 5.75 Å². The third kappa shape index (κ3) is 2.13. The quantitative estimate of drug-likeness (QED) is 0.632. The van der Waals surface area contributed by atoms with E-state index in [1.165, 1.54) is 36.2 Å². The molecule has 0 saturated heterocycles. The summed E-state index contributed by atoms with van der Waals surface area (Å²) in [4.78, 5) is 10.1. The number of aliphatic hydroxyl groups excluding tert-OH is 1. The molecule has 0 fully saturated rings. The van der Waals surface area contributed by atoms with Gasteiger partial charge < -0.3 is 9.84 Å². The Labute approximate surface area is 102 Å². The van der Waals surface area contributed by atoms with Crippen molar-refractivity contribution in [2.75, 3.05) is 7.11 Å². The maximum Gasteiger partial charge on any atom is 0.273 e. The van der Waals surface area contributed by atoms with Crippen molar-refractivity contribution in [1.82, 2.24) is 15.0 Å². The first-order valence-electron chi connectivity index (χ1n) is 5.00. The number of methoxy groups -OCH3 is 1. The Morgan fingerprint density at radius 1 is 1.56 bits per heavy atom. The standard InChI is InChI=1S/C10H10N4O4/c1-18-10-4-8(14(16)17)2-3-9(10)13-5-7(6-15)11-12-13/h2-5,15H,6H2,1H3. The summed E-state index contributed by atoms with van der Waals surface area (Å²) in [5, 5.41) is 27.1. The number of hydrogen-bond donors (Lipinski definition) is 1. The highest BCUT2D eigenvalue weighted by atomic mass is 16.6. The second-order valence-electron chi connectivity index (χ2n) is 3.43. The van der Waals surface area contributed by atoms with Crippen molar-refractivity contribution in [2.45, 2.75) is 6.61 Å². The van der Waals surface area contributed by atoms with Crippen molar-refractivity contribution in [2.24, 2.45) is 0 Å². The Hall–Kier alpha value is -2.48. The number of benzene rings is 1. The predicted octanol–water partition coefficient (Wildman–Crippen LogP) is 0.676. The number of aliphatic hydroxyl groups is 1. The number of nitrogens with zero attached hydrogens (tertiary/aromatic N) is 4. The molecule has 0 bridgehead atoms. The van der Waals surface area contributed by atoms with E-state index in [4.69, 9.17) is 9.84 Å². The van der Waals surface area contributed by atoms with Crippen LogP contribution >= 0.6 is 0 Å². The number of ether oxygens (including phenoxy) is 1. The molecule has 2 aromatic rings. The minimum absolute atomic E-state index is 0.0712. The average Bonchev–Trinajstić information content (AvgIpc) is 2.86. The van der Waals surface area contributed by atoms with Crippen molar-refractivity contribution in [3.63, 3.8) is 0 Å². The number of rotatable bonds is 4. The lowest BCUT2D eigenvalue weighted by atomic mass is 10.2. The smallest absolute Gasteiger partial charge is 0.273 e. The van der Waals surface area contributed by atoms with Gasteiger partial charge in [0.25, 0.3) is 5.69 Å². The molecule has 1 aromatic carbocycles. The van der Waals surface area contributed by atoms with Crippen molar-refractivity contribution in [3.05, 3.63) is 40.2 Å². The van der Waals surface area contributed by atoms with Gasteiger partial charge in [-0.05, 0) is 6.07 Å². The van der Waals surface area contributed by atoms with Gasteiger partial charge in [-0.15, -0.1) is 5.10 Å². The van der Waals surface area contributed by atoms with E-state index in [-0.39, 0.29) is 12.3 Å². The maximum absolute atomic E-state index is 10.6. The molecule has 0 aliphatic heterocycles. The van der Waals surface area contributed by atoms with Gasteiger partial charge >= 0.3 is 0 Å². The van der Waals surface area contributed by atoms with Crippen LogP contribution < -0.4 is 4.74 Å². The van der Waals surface area contributed by atoms with Crippen molar-refractivity contribution in [1.29, 1.82) is 0 Å². The van der Waals surface area contributed by atoms with Crippen LogP contribution in [-0.4, -0.2) is 32.1 Å². The Morgan fingerprint density at radius 2 is 2.33 bits per heavy atom. The molecule has 0 amide bonds. The monoisotopic (exact) mass is 250 g/mol. The van der Waals surface area contributed by atoms with Crippen LogP contribution in [0.25, 0.3) is 5.69 Å². The molecular weight excluding hydrogens is 240 g/mol. The fourth-order valence-electron chi connectivity index (χ4n) is 1.46. The minimum Gasteiger partial charge on any atom is -0.494 e. The van der Waals surface area contributed by atoms with E-state index in [9.17, 15) is 10.1 Å². The van der Waals surface area contributed by atoms with Gasteiger partial charge in [0.05, 0.1) is 30.9 Å². The van der Waals surface area contributed by atoms with E-state index < -0.39 is 4.92 Å². The van der Waals surface area contributed by atoms with Crippen LogP contribution in [0.4, 0.5) is 5.69 Å². The molecule has 0 aliphatic rings. The summed E-state index contributed by atoms with van der Waals surface area (Å²) in [5.74, 6) is 0.304. The molecule has 2 rings (SSSR count). The Kier molecular flexibility index (Phi) is 3.20. The van der Waals surface area contributed by atoms with Gasteiger partial charge in [-0.25, -0.2) is 4.68 Å². The molecule has 0 aliphatic carbocycles. The molecular formula is C10H10N4O4. The molecule has 0 saturated carbocycles. The van der Waals surface area contributed by atoms with Gasteiger partial charge in [-0.2, -0.15) is 0 Å². The molecule has 94 valence electrons. The second kappa shape index (κ2) is 4.80. The number of hydrogen-bond acceptors (Lipinski definition) is 6. The maximum atomic E-state index is 10.6. The van der Waals surface area contributed by atoms with E-state index >= 15 is 0 Å². The highest BCUT2D eigenvalue weighted by molar-refractivity contribution is 5.52. The Balaban J connectivity index is 2.47. The fourth-order valence-corrected chi connectivity index (χ4v) is 1.46. The first kappa shape index (κ1) is 12.0. The summed E-state index contributed by atoms with van der Waals surface area (Å²) in [6.45, 7) is -0.227. The lowest BCUT2D eigenvalue weighted by Crippen LogP contribution is -2.00. The van der Waals surface area contributed by atoms with Crippen LogP contribution in [0.15, 0.2) is 24.4 Å². The lowest BCUT2D eigenvalue weighted by Gasteiger charge is -2.06. The van der Waals surface area contributed by atoms with E-state index in [0.29, 0.717) is 17.1 Å². The molecule has 1 N–H and O–H groups in total. The zero-order valence-corrected chi connectivity index (χ0v) is 9.48. The summed E-state index contributed by atoms with van der Waals surface area (Å²) in [6, 6.07) is 4.15. The number of nitro benzene ring substituents is 1. The molecule has 8 heteroatoms. The molecule has 1 aromatic heterocycles. The summed E-state index contributed by atoms with van der Waals surface area (Å²) < 4.78 is 6.46. The number of aromatic nitrogens is 3. The molecule has 1 heterocycles. The predicted molar refractivity (Wildman–Crippen MR) is 60.5 cm³/mol. The van der Waals surface area contributed by atoms with Crippen LogP contribution in [0.1, 0.15) is 5.69 Å². The molecule has 0 atom stereocenters. The van der Waals surface area contributed by atoms with E-state index in [0.717, 1.165) is 0 Å². The fraction of sp³-hybridized carbons (Fsp3) is 0.200. The van der Waals surface area contributed by atoms with Gasteiger partial charge in [0.2, 0.25) is 0 Å². The Bertz CT molecular complexity index is 581.